The largest absolute Gasteiger partial charge is 0.368 e. The smallest absolute Gasteiger partial charge is 0.238 e. The summed E-state index contributed by atoms with van der Waals surface area (Å²) in [6.45, 7) is 1.96. The second kappa shape index (κ2) is 3.89. The minimum atomic E-state index is -0.741. The Morgan fingerprint density at radius 1 is 1.54 bits per heavy atom. The first-order valence-corrected chi connectivity index (χ1v) is 4.62. The fourth-order valence-corrected chi connectivity index (χ4v) is 1.78. The maximum absolute atomic E-state index is 10.8. The van der Waals surface area contributed by atoms with Crippen LogP contribution in [0.15, 0.2) is 22.7 Å². The molecule has 1 aromatic carbocycles. The zero-order valence-electron chi connectivity index (χ0n) is 7.25. The lowest BCUT2D eigenvalue weighted by molar-refractivity contribution is -0.119. The predicted octanol–water partition coefficient (Wildman–Crippen LogP) is 1.24. The number of nitrogens with two attached hydrogens (primary N) is 2. The van der Waals surface area contributed by atoms with E-state index < -0.39 is 11.9 Å². The summed E-state index contributed by atoms with van der Waals surface area (Å²) in [5.41, 5.74) is 12.5. The number of hydrogen-bond acceptors (Lipinski definition) is 2. The average molecular weight is 243 g/mol. The third-order valence-electron chi connectivity index (χ3n) is 1.80. The van der Waals surface area contributed by atoms with Gasteiger partial charge in [-0.1, -0.05) is 28.1 Å². The van der Waals surface area contributed by atoms with E-state index in [1.54, 1.807) is 6.07 Å². The van der Waals surface area contributed by atoms with Gasteiger partial charge in [-0.25, -0.2) is 0 Å². The zero-order chi connectivity index (χ0) is 10.0. The lowest BCUT2D eigenvalue weighted by Crippen LogP contribution is -2.28. The van der Waals surface area contributed by atoms with Crippen LogP contribution in [0.1, 0.15) is 17.2 Å². The number of amides is 1. The van der Waals surface area contributed by atoms with Gasteiger partial charge in [-0.2, -0.15) is 0 Å². The summed E-state index contributed by atoms with van der Waals surface area (Å²) in [7, 11) is 0. The molecule has 1 rings (SSSR count). The van der Waals surface area contributed by atoms with Crippen LogP contribution in [0.5, 0.6) is 0 Å². The van der Waals surface area contributed by atoms with Gasteiger partial charge in [0.15, 0.2) is 0 Å². The van der Waals surface area contributed by atoms with Crippen LogP contribution in [-0.4, -0.2) is 5.91 Å². The van der Waals surface area contributed by atoms with E-state index >= 15 is 0 Å². The van der Waals surface area contributed by atoms with Crippen molar-refractivity contribution in [3.05, 3.63) is 33.8 Å². The van der Waals surface area contributed by atoms with Crippen molar-refractivity contribution in [3.63, 3.8) is 0 Å². The number of aryl methyl sites for hydroxylation is 1. The molecule has 1 atom stereocenters. The van der Waals surface area contributed by atoms with Crippen LogP contribution in [0.3, 0.4) is 0 Å². The van der Waals surface area contributed by atoms with Crippen LogP contribution in [0, 0.1) is 6.92 Å². The van der Waals surface area contributed by atoms with Crippen molar-refractivity contribution in [2.24, 2.45) is 11.5 Å². The number of rotatable bonds is 2. The van der Waals surface area contributed by atoms with E-state index in [1.165, 1.54) is 0 Å². The van der Waals surface area contributed by atoms with Crippen molar-refractivity contribution in [1.29, 1.82) is 0 Å². The second-order valence-electron chi connectivity index (χ2n) is 2.91. The van der Waals surface area contributed by atoms with Crippen LogP contribution < -0.4 is 11.5 Å². The first-order valence-electron chi connectivity index (χ1n) is 3.83. The van der Waals surface area contributed by atoms with E-state index in [0.717, 1.165) is 15.6 Å². The molecule has 4 N–H and O–H groups in total. The molecule has 1 unspecified atom stereocenters. The van der Waals surface area contributed by atoms with E-state index in [1.807, 2.05) is 19.1 Å². The Hall–Kier alpha value is -0.870. The highest BCUT2D eigenvalue weighted by Crippen LogP contribution is 2.22. The van der Waals surface area contributed by atoms with Gasteiger partial charge < -0.3 is 11.5 Å². The fourth-order valence-electron chi connectivity index (χ4n) is 1.04. The number of primary amides is 1. The Morgan fingerprint density at radius 3 is 2.62 bits per heavy atom. The molecule has 13 heavy (non-hydrogen) atoms. The summed E-state index contributed by atoms with van der Waals surface area (Å²) in [5, 5.41) is 0. The van der Waals surface area contributed by atoms with Gasteiger partial charge in [0.05, 0.1) is 0 Å². The maximum Gasteiger partial charge on any atom is 0.238 e. The van der Waals surface area contributed by atoms with Gasteiger partial charge in [0, 0.05) is 4.47 Å². The molecule has 0 aliphatic carbocycles. The van der Waals surface area contributed by atoms with Gasteiger partial charge in [-0.3, -0.25) is 4.79 Å². The second-order valence-corrected chi connectivity index (χ2v) is 3.76. The Labute approximate surface area is 85.2 Å². The van der Waals surface area contributed by atoms with Gasteiger partial charge in [-0.05, 0) is 24.1 Å². The highest BCUT2D eigenvalue weighted by Gasteiger charge is 2.14. The first-order chi connectivity index (χ1) is 6.02. The molecular formula is C9H11BrN2O. The van der Waals surface area contributed by atoms with Gasteiger partial charge in [0.2, 0.25) is 5.91 Å². The fraction of sp³-hybridized carbons (Fsp3) is 0.222. The monoisotopic (exact) mass is 242 g/mol. The molecule has 0 bridgehead atoms. The van der Waals surface area contributed by atoms with Crippen LogP contribution in [-0.2, 0) is 4.79 Å². The SMILES string of the molecule is Cc1ccc(C(N)C(N)=O)c(Br)c1. The van der Waals surface area contributed by atoms with Crippen LogP contribution in [0.4, 0.5) is 0 Å². The standard InChI is InChI=1S/C9H11BrN2O/c1-5-2-3-6(7(10)4-5)8(11)9(12)13/h2-4,8H,11H2,1H3,(H2,12,13). The lowest BCUT2D eigenvalue weighted by Gasteiger charge is -2.10. The quantitative estimate of drug-likeness (QED) is 0.820. The van der Waals surface area contributed by atoms with Gasteiger partial charge in [0.25, 0.3) is 0 Å². The Bertz CT molecular complexity index is 338. The van der Waals surface area contributed by atoms with Gasteiger partial charge in [-0.15, -0.1) is 0 Å². The summed E-state index contributed by atoms with van der Waals surface area (Å²) < 4.78 is 0.818. The molecule has 70 valence electrons. The molecule has 0 aromatic heterocycles. The van der Waals surface area contributed by atoms with Crippen molar-refractivity contribution in [3.8, 4) is 0 Å². The van der Waals surface area contributed by atoms with Gasteiger partial charge in [0.1, 0.15) is 6.04 Å². The van der Waals surface area contributed by atoms with Crippen molar-refractivity contribution < 1.29 is 4.79 Å². The summed E-state index contributed by atoms with van der Waals surface area (Å²) in [5.74, 6) is -0.524. The molecule has 1 aromatic rings. The number of hydrogen-bond donors (Lipinski definition) is 2. The normalized spacial score (nSPS) is 12.5. The Balaban J connectivity index is 3.08. The minimum absolute atomic E-state index is 0.524. The zero-order valence-corrected chi connectivity index (χ0v) is 8.84. The molecule has 0 saturated carbocycles. The average Bonchev–Trinajstić information content (AvgIpc) is 2.03. The number of carbonyl (C=O) groups is 1. The molecule has 0 aliphatic rings. The number of carbonyl (C=O) groups excluding carboxylic acids is 1. The maximum atomic E-state index is 10.8. The van der Waals surface area contributed by atoms with Crippen molar-refractivity contribution in [1.82, 2.24) is 0 Å². The van der Waals surface area contributed by atoms with Gasteiger partial charge >= 0.3 is 0 Å². The van der Waals surface area contributed by atoms with Crippen molar-refractivity contribution in [2.45, 2.75) is 13.0 Å². The molecule has 1 amide bonds. The number of benzene rings is 1. The molecule has 0 aliphatic heterocycles. The first kappa shape index (κ1) is 10.2. The molecule has 0 radical (unpaired) electrons. The summed E-state index contributed by atoms with van der Waals surface area (Å²) in [4.78, 5) is 10.8. The van der Waals surface area contributed by atoms with Crippen LogP contribution in [0.2, 0.25) is 0 Å². The molecule has 0 fully saturated rings. The minimum Gasteiger partial charge on any atom is -0.368 e. The van der Waals surface area contributed by atoms with Crippen molar-refractivity contribution in [2.75, 3.05) is 0 Å². The molecule has 4 heteroatoms. The van der Waals surface area contributed by atoms with Crippen LogP contribution >= 0.6 is 15.9 Å². The molecular weight excluding hydrogens is 232 g/mol. The Morgan fingerprint density at radius 2 is 2.15 bits per heavy atom. The lowest BCUT2D eigenvalue weighted by atomic mass is 10.1. The predicted molar refractivity (Wildman–Crippen MR) is 55.0 cm³/mol. The molecule has 0 saturated heterocycles. The topological polar surface area (TPSA) is 69.1 Å². The highest BCUT2D eigenvalue weighted by atomic mass is 79.9. The van der Waals surface area contributed by atoms with E-state index in [0.29, 0.717) is 0 Å². The highest BCUT2D eigenvalue weighted by molar-refractivity contribution is 9.10. The van der Waals surface area contributed by atoms with E-state index in [4.69, 9.17) is 11.5 Å². The summed E-state index contributed by atoms with van der Waals surface area (Å²) in [6.07, 6.45) is 0. The summed E-state index contributed by atoms with van der Waals surface area (Å²) >= 11 is 3.33. The molecule has 3 nitrogen and oxygen atoms in total. The summed E-state index contributed by atoms with van der Waals surface area (Å²) in [6, 6.07) is 4.85. The number of halogens is 1. The van der Waals surface area contributed by atoms with E-state index in [2.05, 4.69) is 15.9 Å². The third-order valence-corrected chi connectivity index (χ3v) is 2.48. The molecule has 0 heterocycles. The van der Waals surface area contributed by atoms with Crippen molar-refractivity contribution >= 4 is 21.8 Å². The van der Waals surface area contributed by atoms with E-state index in [9.17, 15) is 4.79 Å². The third kappa shape index (κ3) is 2.29. The van der Waals surface area contributed by atoms with Crippen LogP contribution in [0.25, 0.3) is 0 Å². The Kier molecular flexibility index (Phi) is 3.06. The molecule has 0 spiro atoms. The van der Waals surface area contributed by atoms with E-state index in [-0.39, 0.29) is 0 Å².